The maximum Gasteiger partial charge on any atom is 0.233 e. The summed E-state index contributed by atoms with van der Waals surface area (Å²) in [5, 5.41) is 3.44. The van der Waals surface area contributed by atoms with Gasteiger partial charge in [0.2, 0.25) is 17.8 Å². The van der Waals surface area contributed by atoms with Crippen LogP contribution in [-0.4, -0.2) is 41.1 Å². The third kappa shape index (κ3) is 7.72. The number of piperidine rings is 2. The average molecular weight is 479 g/mol. The van der Waals surface area contributed by atoms with E-state index in [-0.39, 0.29) is 42.7 Å². The molecule has 0 saturated carbocycles. The lowest BCUT2D eigenvalue weighted by molar-refractivity contribution is 0.556. The molecule has 192 valence electrons. The Bertz CT molecular complexity index is 774. The van der Waals surface area contributed by atoms with E-state index < -0.39 is 0 Å². The largest absolute Gasteiger partial charge is 0.344 e. The second kappa shape index (κ2) is 14.8. The molecule has 0 spiro atoms. The Hall–Kier alpha value is -2.24. The van der Waals surface area contributed by atoms with Gasteiger partial charge in [0.1, 0.15) is 0 Å². The van der Waals surface area contributed by atoms with Crippen LogP contribution in [0.25, 0.3) is 0 Å². The fourth-order valence-corrected chi connectivity index (χ4v) is 3.95. The minimum Gasteiger partial charge on any atom is -0.344 e. The lowest BCUT2D eigenvalue weighted by Gasteiger charge is -2.30. The number of benzene rings is 1. The highest BCUT2D eigenvalue weighted by Gasteiger charge is 2.20. The summed E-state index contributed by atoms with van der Waals surface area (Å²) in [6.07, 6.45) is 7.45. The summed E-state index contributed by atoms with van der Waals surface area (Å²) in [5.74, 6) is 2.29. The van der Waals surface area contributed by atoms with E-state index in [0.29, 0.717) is 5.95 Å². The van der Waals surface area contributed by atoms with E-state index in [1.54, 1.807) is 0 Å². The Balaban J connectivity index is -0.000000250. The molecule has 0 bridgehead atoms. The van der Waals surface area contributed by atoms with E-state index in [1.807, 2.05) is 0 Å². The van der Waals surface area contributed by atoms with Crippen molar-refractivity contribution in [2.45, 2.75) is 52.4 Å². The number of hydrogen-bond donors (Lipinski definition) is 5. The fraction of sp³-hybridized carbons (Fsp3) is 0.571. The molecule has 32 heavy (non-hydrogen) atoms. The van der Waals surface area contributed by atoms with Crippen LogP contribution in [-0.2, 0) is 0 Å². The molecule has 1 aromatic carbocycles. The van der Waals surface area contributed by atoms with E-state index in [9.17, 15) is 0 Å². The summed E-state index contributed by atoms with van der Waals surface area (Å²) in [7, 11) is 0. The normalized spacial score (nSPS) is 15.1. The van der Waals surface area contributed by atoms with Crippen molar-refractivity contribution in [2.75, 3.05) is 41.3 Å². The minimum atomic E-state index is 0. The molecule has 0 amide bonds. The number of nitrogens with one attached hydrogen (secondary N) is 1. The maximum atomic E-state index is 4.85. The van der Waals surface area contributed by atoms with Crippen LogP contribution >= 0.6 is 12.4 Å². The van der Waals surface area contributed by atoms with Crippen LogP contribution in [0.1, 0.15) is 55.4 Å². The van der Waals surface area contributed by atoms with Gasteiger partial charge in [-0.3, -0.25) is 0 Å². The highest BCUT2D eigenvalue weighted by Crippen LogP contribution is 2.25. The first-order valence-electron chi connectivity index (χ1n) is 10.3. The third-order valence-electron chi connectivity index (χ3n) is 5.52. The predicted molar refractivity (Wildman–Crippen MR) is 147 cm³/mol. The maximum absolute atomic E-state index is 4.85. The highest BCUT2D eigenvalue weighted by molar-refractivity contribution is 5.85. The minimum absolute atomic E-state index is 0. The molecule has 11 heteroatoms. The van der Waals surface area contributed by atoms with Crippen LogP contribution in [0.2, 0.25) is 0 Å². The number of halogens is 1. The van der Waals surface area contributed by atoms with Gasteiger partial charge in [0.05, 0.1) is 0 Å². The highest BCUT2D eigenvalue weighted by atomic mass is 35.5. The van der Waals surface area contributed by atoms with Gasteiger partial charge in [-0.05, 0) is 64.0 Å². The van der Waals surface area contributed by atoms with Crippen LogP contribution in [0, 0.1) is 13.8 Å². The van der Waals surface area contributed by atoms with Gasteiger partial charge >= 0.3 is 0 Å². The Morgan fingerprint density at radius 2 is 1.19 bits per heavy atom. The van der Waals surface area contributed by atoms with E-state index in [0.717, 1.165) is 43.8 Å². The van der Waals surface area contributed by atoms with Gasteiger partial charge in [0, 0.05) is 37.6 Å². The molecular weight excluding hydrogens is 428 g/mol. The van der Waals surface area contributed by atoms with Gasteiger partial charge in [0.25, 0.3) is 0 Å². The summed E-state index contributed by atoms with van der Waals surface area (Å²) in [6, 6.07) is 6.41. The zero-order valence-electron chi connectivity index (χ0n) is 19.8. The average Bonchev–Trinajstić information content (AvgIpc) is 2.71. The van der Waals surface area contributed by atoms with Crippen molar-refractivity contribution in [3.63, 3.8) is 0 Å². The number of aryl methyl sites for hydroxylation is 2. The van der Waals surface area contributed by atoms with Crippen molar-refractivity contribution >= 4 is 35.9 Å². The van der Waals surface area contributed by atoms with Gasteiger partial charge in [-0.15, -0.1) is 12.4 Å². The van der Waals surface area contributed by atoms with Crippen molar-refractivity contribution in [3.8, 4) is 0 Å². The number of nitrogens with zero attached hydrogens (tertiary/aromatic N) is 5. The Labute approximate surface area is 204 Å². The van der Waals surface area contributed by atoms with Crippen molar-refractivity contribution < 1.29 is 5.71 Å². The predicted octanol–water partition coefficient (Wildman–Crippen LogP) is 6.27. The Morgan fingerprint density at radius 1 is 0.719 bits per heavy atom. The lowest BCUT2D eigenvalue weighted by Crippen LogP contribution is -2.34. The number of aromatic nitrogens is 3. The molecule has 10 nitrogen and oxygen atoms in total. The molecular formula is C21H51ClN10. The molecule has 2 aliphatic heterocycles. The Morgan fingerprint density at radius 3 is 1.62 bits per heavy atom. The quantitative estimate of drug-likeness (QED) is 0.333. The van der Waals surface area contributed by atoms with Crippen LogP contribution in [0.3, 0.4) is 0 Å². The molecule has 13 N–H and O–H groups in total. The van der Waals surface area contributed by atoms with E-state index in [1.165, 1.54) is 49.7 Å². The molecule has 0 atom stereocenters. The molecule has 1 aromatic heterocycles. The van der Waals surface area contributed by atoms with Gasteiger partial charge in [-0.25, -0.2) is 0 Å². The monoisotopic (exact) mass is 478 g/mol. The van der Waals surface area contributed by atoms with E-state index >= 15 is 0 Å². The van der Waals surface area contributed by atoms with Crippen LogP contribution in [0.4, 0.5) is 23.5 Å². The molecule has 0 unspecified atom stereocenters. The van der Waals surface area contributed by atoms with Gasteiger partial charge in [-0.1, -0.05) is 17.7 Å². The standard InChI is InChI=1S/C21H30N6.ClH.4H3N.4H2/c1-16-9-10-18(17(2)15-16)22-19-23-20(26-11-5-3-6-12-26)25-21(24-19)27-13-7-4-8-14-27;;;;;;;;;/h9-10,15H,3-8,11-14H2,1-2H3,(H,22,23,24,25);1H;4*1H3;4*1H. The first kappa shape index (κ1) is 31.9. The molecule has 2 saturated heterocycles. The fourth-order valence-electron chi connectivity index (χ4n) is 3.95. The number of anilines is 4. The van der Waals surface area contributed by atoms with Crippen molar-refractivity contribution in [2.24, 2.45) is 0 Å². The summed E-state index contributed by atoms with van der Waals surface area (Å²) < 4.78 is 0. The van der Waals surface area contributed by atoms with Crippen LogP contribution < -0.4 is 39.7 Å². The summed E-state index contributed by atoms with van der Waals surface area (Å²) in [5.41, 5.74) is 3.52. The first-order chi connectivity index (χ1) is 13.2. The van der Waals surface area contributed by atoms with Gasteiger partial charge in [-0.2, -0.15) is 15.0 Å². The molecule has 0 aliphatic carbocycles. The van der Waals surface area contributed by atoms with Crippen molar-refractivity contribution in [3.05, 3.63) is 29.3 Å². The first-order valence-corrected chi connectivity index (χ1v) is 10.3. The summed E-state index contributed by atoms with van der Waals surface area (Å²) in [6.45, 7) is 8.37. The lowest BCUT2D eigenvalue weighted by atomic mass is 10.1. The smallest absolute Gasteiger partial charge is 0.233 e. The molecule has 4 rings (SSSR count). The summed E-state index contributed by atoms with van der Waals surface area (Å²) in [4.78, 5) is 19.0. The summed E-state index contributed by atoms with van der Waals surface area (Å²) >= 11 is 0. The van der Waals surface area contributed by atoms with Gasteiger partial charge < -0.3 is 39.7 Å². The van der Waals surface area contributed by atoms with Crippen LogP contribution in [0.15, 0.2) is 18.2 Å². The number of hydrogen-bond acceptors (Lipinski definition) is 10. The second-order valence-electron chi connectivity index (χ2n) is 7.80. The SMILES string of the molecule is Cc1ccc(Nc2nc(N3CCCCC3)nc(N3CCCCC3)n2)c(C)c1.Cl.N.N.N.N.[HH].[HH].[HH].[HH]. The third-order valence-corrected chi connectivity index (χ3v) is 5.52. The van der Waals surface area contributed by atoms with Crippen molar-refractivity contribution in [1.29, 1.82) is 0 Å². The Kier molecular flexibility index (Phi) is 14.7. The van der Waals surface area contributed by atoms with Crippen LogP contribution in [0.5, 0.6) is 0 Å². The molecule has 2 aromatic rings. The van der Waals surface area contributed by atoms with Gasteiger partial charge in [0.15, 0.2) is 0 Å². The van der Waals surface area contributed by atoms with E-state index in [4.69, 9.17) is 15.0 Å². The number of rotatable bonds is 4. The topological polar surface area (TPSA) is 197 Å². The molecule has 2 fully saturated rings. The van der Waals surface area contributed by atoms with Crippen molar-refractivity contribution in [1.82, 2.24) is 39.6 Å². The van der Waals surface area contributed by atoms with E-state index in [2.05, 4.69) is 47.2 Å². The zero-order valence-corrected chi connectivity index (χ0v) is 20.6. The molecule has 2 aliphatic rings. The molecule has 0 radical (unpaired) electrons. The second-order valence-corrected chi connectivity index (χ2v) is 7.80. The zero-order chi connectivity index (χ0) is 18.6. The molecule has 3 heterocycles.